The fourth-order valence-corrected chi connectivity index (χ4v) is 28.4. The third-order valence-electron chi connectivity index (χ3n) is 7.73. The Morgan fingerprint density at radius 3 is 1.48 bits per heavy atom. The van der Waals surface area contributed by atoms with Crippen molar-refractivity contribution in [2.45, 2.75) is 50.6 Å². The fraction of sp³-hybridized carbons (Fsp3) is 0.360. The van der Waals surface area contributed by atoms with E-state index in [1.54, 1.807) is 22.3 Å². The molecule has 156 valence electrons. The van der Waals surface area contributed by atoms with Crippen molar-refractivity contribution in [3.63, 3.8) is 0 Å². The second-order valence-electron chi connectivity index (χ2n) is 9.67. The maximum absolute atomic E-state index is 3.28. The Morgan fingerprint density at radius 2 is 1.14 bits per heavy atom. The normalized spacial score (nSPS) is 20.1. The predicted octanol–water partition coefficient (Wildman–Crippen LogP) is 7.49. The molecule has 0 aliphatic heterocycles. The van der Waals surface area contributed by atoms with Crippen LogP contribution < -0.4 is 0 Å². The summed E-state index contributed by atoms with van der Waals surface area (Å²) in [4.78, 5) is 0. The Hall–Kier alpha value is -0.400. The van der Waals surface area contributed by atoms with Crippen LogP contribution >= 0.6 is 24.8 Å². The van der Waals surface area contributed by atoms with E-state index in [9.17, 15) is 0 Å². The number of hydrogen-bond acceptors (Lipinski definition) is 0. The summed E-state index contributed by atoms with van der Waals surface area (Å²) in [5.41, 5.74) is 12.3. The van der Waals surface area contributed by atoms with Crippen molar-refractivity contribution in [3.05, 3.63) is 80.9 Å². The van der Waals surface area contributed by atoms with E-state index in [0.717, 1.165) is 0 Å². The van der Waals surface area contributed by atoms with Gasteiger partial charge in [0, 0.05) is 0 Å². The van der Waals surface area contributed by atoms with E-state index in [1.807, 2.05) is 0 Å². The summed E-state index contributed by atoms with van der Waals surface area (Å²) in [5.74, 6) is 0. The smallest absolute Gasteiger partial charge is 0.147 e. The molecular formula is C25H34Cl2SiZr. The molecule has 4 heteroatoms. The summed E-state index contributed by atoms with van der Waals surface area (Å²) in [6, 6.07) is 13.9. The number of fused-ring (bicyclic) bond motifs is 2. The van der Waals surface area contributed by atoms with Crippen LogP contribution in [-0.4, -0.2) is 6.88 Å². The van der Waals surface area contributed by atoms with Gasteiger partial charge in [0.2, 0.25) is 0 Å². The van der Waals surface area contributed by atoms with Gasteiger partial charge in [-0.1, -0.05) is 0 Å². The maximum atomic E-state index is 2.76. The minimum Gasteiger partial charge on any atom is -0.147 e. The number of benzene rings is 2. The van der Waals surface area contributed by atoms with Crippen LogP contribution in [0.25, 0.3) is 12.2 Å². The van der Waals surface area contributed by atoms with E-state index in [-0.39, 0.29) is 24.8 Å². The molecule has 29 heavy (non-hydrogen) atoms. The maximum Gasteiger partial charge on any atom is -0.147 e. The first kappa shape index (κ1) is 24.9. The van der Waals surface area contributed by atoms with Crippen molar-refractivity contribution in [1.82, 2.24) is 0 Å². The third kappa shape index (κ3) is 3.53. The summed E-state index contributed by atoms with van der Waals surface area (Å²) in [5, 5.41) is 0. The molecule has 2 aliphatic carbocycles. The summed E-state index contributed by atoms with van der Waals surface area (Å²) in [6.07, 6.45) is 5.00. The first-order valence-corrected chi connectivity index (χ1v) is 23.2. The first-order chi connectivity index (χ1) is 12.7. The molecule has 0 bridgehead atoms. The zero-order valence-electron chi connectivity index (χ0n) is 18.5. The average molecular weight is 525 g/mol. The molecule has 2 unspecified atom stereocenters. The van der Waals surface area contributed by atoms with Crippen LogP contribution in [0, 0.1) is 13.8 Å². The Kier molecular flexibility index (Phi) is 7.09. The second-order valence-corrected chi connectivity index (χ2v) is 38.6. The molecular weight excluding hydrogens is 490 g/mol. The van der Waals surface area contributed by atoms with Crippen LogP contribution in [0.15, 0.2) is 47.5 Å². The minimum atomic E-state index is -3.28. The molecule has 0 aromatic heterocycles. The van der Waals surface area contributed by atoms with Crippen molar-refractivity contribution < 1.29 is 17.4 Å². The Morgan fingerprint density at radius 1 is 0.759 bits per heavy atom. The molecule has 2 atom stereocenters. The van der Waals surface area contributed by atoms with Crippen LogP contribution in [0.3, 0.4) is 0 Å². The zero-order chi connectivity index (χ0) is 19.6. The average Bonchev–Trinajstić information content (AvgIpc) is 3.14. The van der Waals surface area contributed by atoms with Crippen LogP contribution in [0.4, 0.5) is 0 Å². The van der Waals surface area contributed by atoms with Gasteiger partial charge in [-0.25, -0.2) is 0 Å². The minimum absolute atomic E-state index is 0. The van der Waals surface area contributed by atoms with Crippen molar-refractivity contribution in [2.75, 3.05) is 0 Å². The number of hydrogen-bond donors (Lipinski definition) is 0. The predicted molar refractivity (Wildman–Crippen MR) is 135 cm³/mol. The van der Waals surface area contributed by atoms with E-state index in [4.69, 9.17) is 0 Å². The molecule has 2 aromatic rings. The molecule has 2 aliphatic rings. The molecule has 0 saturated carbocycles. The first-order valence-electron chi connectivity index (χ1n) is 10.3. The quantitative estimate of drug-likeness (QED) is 0.365. The van der Waals surface area contributed by atoms with Gasteiger partial charge in [-0.3, -0.25) is 0 Å². The number of aryl methyl sites for hydroxylation is 2. The van der Waals surface area contributed by atoms with Gasteiger partial charge in [-0.2, -0.15) is 0 Å². The molecule has 0 radical (unpaired) electrons. The van der Waals surface area contributed by atoms with E-state index in [2.05, 4.69) is 94.7 Å². The molecule has 0 heterocycles. The van der Waals surface area contributed by atoms with Gasteiger partial charge in [-0.15, -0.1) is 24.8 Å². The topological polar surface area (TPSA) is 0 Å². The van der Waals surface area contributed by atoms with E-state index in [0.29, 0.717) is 7.25 Å². The van der Waals surface area contributed by atoms with Crippen LogP contribution in [0.1, 0.15) is 61.4 Å². The standard InChI is InChI=1S/2C11H11.C2H5.CH3.2ClH.H2Si.Zr/c2*1-8-6-10-5-3-4-9(2)11(10)7-8;1-2;;;;;/h2*3-7H,1-2H3;1H2,2H3;1H3;2*1H;1H2;. The molecule has 2 aromatic carbocycles. The molecule has 0 nitrogen and oxygen atoms in total. The van der Waals surface area contributed by atoms with Gasteiger partial charge >= 0.3 is 168 Å². The monoisotopic (exact) mass is 522 g/mol. The third-order valence-corrected chi connectivity index (χ3v) is 32.8. The van der Waals surface area contributed by atoms with Gasteiger partial charge in [0.05, 0.1) is 0 Å². The molecule has 0 fully saturated rings. The fourth-order valence-electron chi connectivity index (χ4n) is 6.28. The summed E-state index contributed by atoms with van der Waals surface area (Å²) in [6.45, 7) is 14.3. The van der Waals surface area contributed by atoms with Crippen molar-refractivity contribution >= 4 is 43.8 Å². The van der Waals surface area contributed by atoms with Crippen LogP contribution in [0.5, 0.6) is 0 Å². The summed E-state index contributed by atoms with van der Waals surface area (Å²) < 4.78 is 5.43. The van der Waals surface area contributed by atoms with Crippen LogP contribution in [-0.2, 0) is 17.4 Å². The Bertz CT molecular complexity index is 1020. The van der Waals surface area contributed by atoms with Crippen molar-refractivity contribution in [1.29, 1.82) is 0 Å². The summed E-state index contributed by atoms with van der Waals surface area (Å²) in [7, 11) is 0. The van der Waals surface area contributed by atoms with Gasteiger partial charge in [0.15, 0.2) is 0 Å². The van der Waals surface area contributed by atoms with Gasteiger partial charge in [0.1, 0.15) is 0 Å². The van der Waals surface area contributed by atoms with Crippen LogP contribution in [0.2, 0.25) is 8.76 Å². The van der Waals surface area contributed by atoms with E-state index in [1.165, 1.54) is 26.4 Å². The molecule has 0 amide bonds. The zero-order valence-corrected chi connectivity index (χ0v) is 24.0. The number of allylic oxidation sites excluding steroid dienone is 2. The SMILES string of the molecule is C[CH2][Zr]([CH3])(=[SiH2])([CH]1C(C)=Cc2c(C)cccc21)[CH]1C(C)=Cc2c(C)cccc21.Cl.Cl. The number of halogens is 2. The largest absolute Gasteiger partial charge is 0.147 e. The van der Waals surface area contributed by atoms with Gasteiger partial charge < -0.3 is 0 Å². The molecule has 0 N–H and O–H groups in total. The summed E-state index contributed by atoms with van der Waals surface area (Å²) >= 11 is -3.28. The Labute approximate surface area is 191 Å². The van der Waals surface area contributed by atoms with Gasteiger partial charge in [-0.05, 0) is 0 Å². The van der Waals surface area contributed by atoms with Crippen molar-refractivity contribution in [2.24, 2.45) is 0 Å². The molecule has 0 saturated heterocycles. The van der Waals surface area contributed by atoms with E-state index >= 15 is 0 Å². The van der Waals surface area contributed by atoms with Crippen molar-refractivity contribution in [3.8, 4) is 0 Å². The Balaban J connectivity index is 0.00000150. The van der Waals surface area contributed by atoms with Gasteiger partial charge in [0.25, 0.3) is 0 Å². The molecule has 0 spiro atoms. The second kappa shape index (κ2) is 8.27. The molecule has 4 rings (SSSR count). The van der Waals surface area contributed by atoms with E-state index < -0.39 is 17.4 Å². The number of rotatable bonds is 3.